The Morgan fingerprint density at radius 1 is 1.14 bits per heavy atom. The maximum Gasteiger partial charge on any atom is 0.319 e. The molecule has 1 aromatic heterocycles. The van der Waals surface area contributed by atoms with Crippen LogP contribution < -0.4 is 15.4 Å². The van der Waals surface area contributed by atoms with Gasteiger partial charge in [0.2, 0.25) is 5.88 Å². The van der Waals surface area contributed by atoms with Crippen molar-refractivity contribution in [1.29, 1.82) is 0 Å². The number of hydrogen-bond donors (Lipinski definition) is 2. The molecule has 0 saturated heterocycles. The van der Waals surface area contributed by atoms with E-state index < -0.39 is 0 Å². The number of rotatable bonds is 5. The molecule has 22 heavy (non-hydrogen) atoms. The first-order chi connectivity index (χ1) is 10.6. The predicted octanol–water partition coefficient (Wildman–Crippen LogP) is 2.61. The minimum Gasteiger partial charge on any atom is -0.481 e. The van der Waals surface area contributed by atoms with Crippen LogP contribution in [0.25, 0.3) is 0 Å². The number of anilines is 1. The van der Waals surface area contributed by atoms with E-state index in [1.807, 2.05) is 6.07 Å². The SMILES string of the molecule is COc1ccc(CNC(=O)Nc2ccc(C(C)=O)cc2)cn1. The van der Waals surface area contributed by atoms with Crippen LogP contribution in [0.1, 0.15) is 22.8 Å². The van der Waals surface area contributed by atoms with Gasteiger partial charge in [-0.2, -0.15) is 0 Å². The number of benzene rings is 1. The molecule has 1 aromatic carbocycles. The Balaban J connectivity index is 1.85. The number of carbonyl (C=O) groups excluding carboxylic acids is 2. The van der Waals surface area contributed by atoms with E-state index in [2.05, 4.69) is 15.6 Å². The lowest BCUT2D eigenvalue weighted by Gasteiger charge is -2.08. The van der Waals surface area contributed by atoms with Gasteiger partial charge in [-0.15, -0.1) is 0 Å². The topological polar surface area (TPSA) is 80.3 Å². The monoisotopic (exact) mass is 299 g/mol. The number of carbonyl (C=O) groups is 2. The summed E-state index contributed by atoms with van der Waals surface area (Å²) in [6, 6.07) is 9.95. The molecule has 0 spiro atoms. The smallest absolute Gasteiger partial charge is 0.319 e. The second kappa shape index (κ2) is 7.21. The standard InChI is InChI=1S/C16H17N3O3/c1-11(20)13-4-6-14(7-5-13)19-16(21)18-10-12-3-8-15(22-2)17-9-12/h3-9H,10H2,1-2H3,(H2,18,19,21). The van der Waals surface area contributed by atoms with Crippen LogP contribution in [0.5, 0.6) is 5.88 Å². The van der Waals surface area contributed by atoms with Gasteiger partial charge in [-0.3, -0.25) is 4.79 Å². The number of amides is 2. The van der Waals surface area contributed by atoms with Gasteiger partial charge in [0.1, 0.15) is 0 Å². The van der Waals surface area contributed by atoms with E-state index in [0.29, 0.717) is 23.7 Å². The normalized spacial score (nSPS) is 9.91. The van der Waals surface area contributed by atoms with Crippen LogP contribution >= 0.6 is 0 Å². The summed E-state index contributed by atoms with van der Waals surface area (Å²) in [7, 11) is 1.55. The van der Waals surface area contributed by atoms with Gasteiger partial charge in [0.15, 0.2) is 5.78 Å². The zero-order chi connectivity index (χ0) is 15.9. The fraction of sp³-hybridized carbons (Fsp3) is 0.188. The van der Waals surface area contributed by atoms with Crippen molar-refractivity contribution in [2.45, 2.75) is 13.5 Å². The molecule has 6 heteroatoms. The third-order valence-corrected chi connectivity index (χ3v) is 3.01. The Labute approximate surface area is 128 Å². The molecule has 1 heterocycles. The van der Waals surface area contributed by atoms with Crippen LogP contribution in [-0.4, -0.2) is 23.9 Å². The quantitative estimate of drug-likeness (QED) is 0.832. The van der Waals surface area contributed by atoms with E-state index in [1.54, 1.807) is 43.6 Å². The first-order valence-corrected chi connectivity index (χ1v) is 6.73. The molecule has 0 aliphatic heterocycles. The number of ether oxygens (including phenoxy) is 1. The van der Waals surface area contributed by atoms with Crippen LogP contribution in [-0.2, 0) is 6.54 Å². The highest BCUT2D eigenvalue weighted by Crippen LogP contribution is 2.10. The maximum atomic E-state index is 11.8. The number of nitrogens with one attached hydrogen (secondary N) is 2. The van der Waals surface area contributed by atoms with E-state index in [9.17, 15) is 9.59 Å². The summed E-state index contributed by atoms with van der Waals surface area (Å²) in [5, 5.41) is 5.42. The number of ketones is 1. The van der Waals surface area contributed by atoms with Crippen LogP contribution in [0.2, 0.25) is 0 Å². The molecule has 2 amide bonds. The summed E-state index contributed by atoms with van der Waals surface area (Å²) in [6.45, 7) is 1.85. The Morgan fingerprint density at radius 3 is 2.41 bits per heavy atom. The second-order valence-electron chi connectivity index (χ2n) is 4.65. The van der Waals surface area contributed by atoms with E-state index in [0.717, 1.165) is 5.56 Å². The minimum atomic E-state index is -0.327. The number of pyridine rings is 1. The van der Waals surface area contributed by atoms with Crippen molar-refractivity contribution in [2.24, 2.45) is 0 Å². The summed E-state index contributed by atoms with van der Waals surface area (Å²) < 4.78 is 4.97. The number of nitrogens with zero attached hydrogens (tertiary/aromatic N) is 1. The van der Waals surface area contributed by atoms with Gasteiger partial charge in [0, 0.05) is 30.1 Å². The number of hydrogen-bond acceptors (Lipinski definition) is 4. The zero-order valence-electron chi connectivity index (χ0n) is 12.4. The minimum absolute atomic E-state index is 0.0111. The van der Waals surface area contributed by atoms with E-state index in [1.165, 1.54) is 6.92 Å². The highest BCUT2D eigenvalue weighted by atomic mass is 16.5. The molecule has 6 nitrogen and oxygen atoms in total. The summed E-state index contributed by atoms with van der Waals surface area (Å²) in [4.78, 5) is 27.0. The lowest BCUT2D eigenvalue weighted by molar-refractivity contribution is 0.101. The summed E-state index contributed by atoms with van der Waals surface area (Å²) >= 11 is 0. The summed E-state index contributed by atoms with van der Waals surface area (Å²) in [5.74, 6) is 0.516. The van der Waals surface area contributed by atoms with Gasteiger partial charge < -0.3 is 15.4 Å². The van der Waals surface area contributed by atoms with Crippen molar-refractivity contribution in [3.63, 3.8) is 0 Å². The molecule has 0 bridgehead atoms. The van der Waals surface area contributed by atoms with Crippen molar-refractivity contribution in [2.75, 3.05) is 12.4 Å². The molecule has 0 fully saturated rings. The van der Waals surface area contributed by atoms with Crippen LogP contribution in [0.15, 0.2) is 42.6 Å². The molecule has 0 aliphatic rings. The van der Waals surface area contributed by atoms with Crippen molar-refractivity contribution >= 4 is 17.5 Å². The third kappa shape index (κ3) is 4.31. The average Bonchev–Trinajstić information content (AvgIpc) is 2.54. The van der Waals surface area contributed by atoms with Gasteiger partial charge in [0.25, 0.3) is 0 Å². The van der Waals surface area contributed by atoms with E-state index in [-0.39, 0.29) is 11.8 Å². The Hall–Kier alpha value is -2.89. The molecule has 0 unspecified atom stereocenters. The van der Waals surface area contributed by atoms with E-state index >= 15 is 0 Å². The third-order valence-electron chi connectivity index (χ3n) is 3.01. The fourth-order valence-electron chi connectivity index (χ4n) is 1.78. The fourth-order valence-corrected chi connectivity index (χ4v) is 1.78. The molecule has 2 aromatic rings. The van der Waals surface area contributed by atoms with Crippen LogP contribution in [0.4, 0.5) is 10.5 Å². The molecule has 0 aliphatic carbocycles. The molecule has 2 N–H and O–H groups in total. The molecule has 0 radical (unpaired) electrons. The zero-order valence-corrected chi connectivity index (χ0v) is 12.4. The van der Waals surface area contributed by atoms with Gasteiger partial charge in [-0.05, 0) is 36.8 Å². The summed E-state index contributed by atoms with van der Waals surface area (Å²) in [5.41, 5.74) is 2.09. The molecule has 0 saturated carbocycles. The Morgan fingerprint density at radius 2 is 1.86 bits per heavy atom. The molecular weight excluding hydrogens is 282 g/mol. The lowest BCUT2D eigenvalue weighted by Crippen LogP contribution is -2.28. The molecule has 114 valence electrons. The van der Waals surface area contributed by atoms with Crippen LogP contribution in [0.3, 0.4) is 0 Å². The number of urea groups is 1. The molecule has 0 atom stereocenters. The predicted molar refractivity (Wildman–Crippen MR) is 83.1 cm³/mol. The van der Waals surface area contributed by atoms with Crippen molar-refractivity contribution in [1.82, 2.24) is 10.3 Å². The van der Waals surface area contributed by atoms with Gasteiger partial charge >= 0.3 is 6.03 Å². The second-order valence-corrected chi connectivity index (χ2v) is 4.65. The molecule has 2 rings (SSSR count). The first-order valence-electron chi connectivity index (χ1n) is 6.73. The Bertz CT molecular complexity index is 651. The number of methoxy groups -OCH3 is 1. The van der Waals surface area contributed by atoms with Crippen molar-refractivity contribution in [3.05, 3.63) is 53.7 Å². The lowest BCUT2D eigenvalue weighted by atomic mass is 10.1. The van der Waals surface area contributed by atoms with Crippen molar-refractivity contribution in [3.8, 4) is 5.88 Å². The molecular formula is C16H17N3O3. The number of aromatic nitrogens is 1. The van der Waals surface area contributed by atoms with Gasteiger partial charge in [-0.1, -0.05) is 6.07 Å². The highest BCUT2D eigenvalue weighted by molar-refractivity contribution is 5.95. The average molecular weight is 299 g/mol. The van der Waals surface area contributed by atoms with Crippen LogP contribution in [0, 0.1) is 0 Å². The van der Waals surface area contributed by atoms with E-state index in [4.69, 9.17) is 4.74 Å². The number of Topliss-reactive ketones (excluding diaryl/α,β-unsaturated/α-hetero) is 1. The highest BCUT2D eigenvalue weighted by Gasteiger charge is 2.04. The maximum absolute atomic E-state index is 11.8. The largest absolute Gasteiger partial charge is 0.481 e. The first kappa shape index (κ1) is 15.5. The van der Waals surface area contributed by atoms with Crippen molar-refractivity contribution < 1.29 is 14.3 Å². The summed E-state index contributed by atoms with van der Waals surface area (Å²) in [6.07, 6.45) is 1.64. The van der Waals surface area contributed by atoms with Gasteiger partial charge in [-0.25, -0.2) is 9.78 Å². The van der Waals surface area contributed by atoms with Gasteiger partial charge in [0.05, 0.1) is 7.11 Å². The Kier molecular flexibility index (Phi) is 5.08.